The predicted molar refractivity (Wildman–Crippen MR) is 131 cm³/mol. The molecule has 1 aliphatic rings. The summed E-state index contributed by atoms with van der Waals surface area (Å²) in [5, 5.41) is 12.5. The molecule has 0 unspecified atom stereocenters. The topological polar surface area (TPSA) is 146 Å². The summed E-state index contributed by atoms with van der Waals surface area (Å²) in [7, 11) is 0. The van der Waals surface area contributed by atoms with Crippen LogP contribution in [-0.4, -0.2) is 34.8 Å². The molecule has 9 nitrogen and oxygen atoms in total. The van der Waals surface area contributed by atoms with Crippen molar-refractivity contribution in [3.05, 3.63) is 42.1 Å². The van der Waals surface area contributed by atoms with Crippen molar-refractivity contribution in [1.82, 2.24) is 9.97 Å². The Kier molecular flexibility index (Phi) is 8.27. The van der Waals surface area contributed by atoms with Gasteiger partial charge in [-0.3, -0.25) is 4.79 Å². The molecule has 0 saturated carbocycles. The molecule has 10 heteroatoms. The van der Waals surface area contributed by atoms with E-state index in [2.05, 4.69) is 26.3 Å². The van der Waals surface area contributed by atoms with Gasteiger partial charge in [-0.2, -0.15) is 5.26 Å². The summed E-state index contributed by atoms with van der Waals surface area (Å²) < 4.78 is 0. The monoisotopic (exact) mass is 464 g/mol. The highest BCUT2D eigenvalue weighted by Crippen LogP contribution is 2.31. The van der Waals surface area contributed by atoms with E-state index in [1.165, 1.54) is 11.8 Å². The Bertz CT molecular complexity index is 1080. The number of anilines is 2. The number of nitrogens with one attached hydrogen (secondary N) is 1. The molecular formula is C23H28N8OS. The fourth-order valence-corrected chi connectivity index (χ4v) is 4.02. The molecule has 1 fully saturated rings. The number of hydrogen-bond acceptors (Lipinski definition) is 8. The summed E-state index contributed by atoms with van der Waals surface area (Å²) in [6.07, 6.45) is 3.60. The summed E-state index contributed by atoms with van der Waals surface area (Å²) in [5.74, 6) is 1.49. The lowest BCUT2D eigenvalue weighted by Gasteiger charge is -2.30. The number of amides is 1. The number of aromatic nitrogens is 2. The third-order valence-electron chi connectivity index (χ3n) is 4.97. The van der Waals surface area contributed by atoms with E-state index >= 15 is 0 Å². The van der Waals surface area contributed by atoms with E-state index in [9.17, 15) is 10.1 Å². The van der Waals surface area contributed by atoms with Crippen LogP contribution in [-0.2, 0) is 4.79 Å². The largest absolute Gasteiger partial charge is 0.402 e. The van der Waals surface area contributed by atoms with Crippen LogP contribution in [0.3, 0.4) is 0 Å². The molecule has 2 aromatic rings. The Morgan fingerprint density at radius 1 is 1.30 bits per heavy atom. The van der Waals surface area contributed by atoms with Gasteiger partial charge in [0.05, 0.1) is 6.07 Å². The summed E-state index contributed by atoms with van der Waals surface area (Å²) in [6, 6.07) is 11.6. The Balaban J connectivity index is 1.86. The molecule has 1 aromatic heterocycles. The summed E-state index contributed by atoms with van der Waals surface area (Å²) in [5.41, 5.74) is 13.0. The van der Waals surface area contributed by atoms with Crippen LogP contribution in [0.4, 0.5) is 17.3 Å². The van der Waals surface area contributed by atoms with Crippen LogP contribution < -0.4 is 21.7 Å². The average Bonchev–Trinajstić information content (AvgIpc) is 2.79. The first-order valence-electron chi connectivity index (χ1n) is 10.8. The molecule has 0 spiro atoms. The minimum atomic E-state index is -0.0338. The van der Waals surface area contributed by atoms with Gasteiger partial charge in [-0.1, -0.05) is 6.92 Å². The Hall–Kier alpha value is -3.58. The van der Waals surface area contributed by atoms with Crippen molar-refractivity contribution in [3.63, 3.8) is 0 Å². The van der Waals surface area contributed by atoms with Crippen LogP contribution in [0.5, 0.6) is 0 Å². The lowest BCUT2D eigenvalue weighted by Crippen LogP contribution is -2.33. The number of aliphatic imine (C=N–C) groups is 1. The highest BCUT2D eigenvalue weighted by Gasteiger charge is 2.21. The molecule has 0 aliphatic carbocycles. The van der Waals surface area contributed by atoms with E-state index in [0.717, 1.165) is 42.3 Å². The third kappa shape index (κ3) is 7.22. The maximum absolute atomic E-state index is 11.6. The van der Waals surface area contributed by atoms with E-state index in [1.54, 1.807) is 19.1 Å². The van der Waals surface area contributed by atoms with Crippen LogP contribution in [0.15, 0.2) is 57.1 Å². The number of nitriles is 1. The molecule has 0 radical (unpaired) electrons. The first kappa shape index (κ1) is 24.1. The van der Waals surface area contributed by atoms with E-state index in [4.69, 9.17) is 16.5 Å². The number of nitrogens with zero attached hydrogens (tertiary/aromatic N) is 5. The summed E-state index contributed by atoms with van der Waals surface area (Å²) >= 11 is 1.40. The van der Waals surface area contributed by atoms with E-state index < -0.39 is 0 Å². The zero-order valence-corrected chi connectivity index (χ0v) is 19.6. The molecule has 5 N–H and O–H groups in total. The maximum Gasteiger partial charge on any atom is 0.224 e. The molecule has 3 rings (SSSR count). The fraction of sp³-hybridized carbons (Fsp3) is 0.348. The number of amidine groups is 1. The zero-order valence-electron chi connectivity index (χ0n) is 18.8. The van der Waals surface area contributed by atoms with Crippen LogP contribution in [0.2, 0.25) is 0 Å². The molecule has 1 aliphatic heterocycles. The van der Waals surface area contributed by atoms with Gasteiger partial charge in [0.15, 0.2) is 11.0 Å². The Morgan fingerprint density at radius 3 is 2.61 bits per heavy atom. The highest BCUT2D eigenvalue weighted by molar-refractivity contribution is 7.99. The number of carbonyl (C=O) groups excluding carboxylic acids is 1. The Morgan fingerprint density at radius 2 is 2.00 bits per heavy atom. The van der Waals surface area contributed by atoms with Crippen LogP contribution in [0.25, 0.3) is 0 Å². The normalized spacial score (nSPS) is 15.2. The van der Waals surface area contributed by atoms with Gasteiger partial charge in [-0.05, 0) is 61.9 Å². The first-order chi connectivity index (χ1) is 15.9. The van der Waals surface area contributed by atoms with Gasteiger partial charge in [0, 0.05) is 47.8 Å². The average molecular weight is 465 g/mol. The number of benzene rings is 1. The second-order valence-electron chi connectivity index (χ2n) is 7.71. The first-order valence-corrected chi connectivity index (χ1v) is 11.6. The molecule has 1 amide bonds. The molecule has 1 saturated heterocycles. The van der Waals surface area contributed by atoms with Gasteiger partial charge in [-0.25, -0.2) is 15.0 Å². The fourth-order valence-electron chi connectivity index (χ4n) is 3.26. The second-order valence-corrected chi connectivity index (χ2v) is 8.75. The minimum absolute atomic E-state index is 0.0338. The minimum Gasteiger partial charge on any atom is -0.402 e. The van der Waals surface area contributed by atoms with Crippen molar-refractivity contribution in [1.29, 1.82) is 5.26 Å². The van der Waals surface area contributed by atoms with Crippen LogP contribution >= 0.6 is 11.8 Å². The van der Waals surface area contributed by atoms with Crippen molar-refractivity contribution in [3.8, 4) is 6.07 Å². The SMILES string of the molecule is CCC(=O)Nc1ccc(Sc2nc(/N=C(N)/C=C(/C)N)cc(N3CCC(C#N)CC3)n2)cc1. The van der Waals surface area contributed by atoms with Gasteiger partial charge in [0.1, 0.15) is 11.7 Å². The van der Waals surface area contributed by atoms with Gasteiger partial charge in [0.25, 0.3) is 0 Å². The predicted octanol–water partition coefficient (Wildman–Crippen LogP) is 3.57. The standard InChI is InChI=1S/C23H28N8OS/c1-3-22(32)27-17-4-6-18(7-5-17)33-23-29-20(28-19(26)12-15(2)25)13-21(30-23)31-10-8-16(14-24)9-11-31/h4-7,12-13,16H,3,8-11,25H2,1-2H3,(H,27,32)(H2,26,28,29,30)/b15-12-. The van der Waals surface area contributed by atoms with Crippen LogP contribution in [0, 0.1) is 17.2 Å². The van der Waals surface area contributed by atoms with Crippen molar-refractivity contribution >= 4 is 40.8 Å². The number of piperidine rings is 1. The third-order valence-corrected chi connectivity index (χ3v) is 5.84. The number of nitrogens with two attached hydrogens (primary N) is 2. The van der Waals surface area contributed by atoms with E-state index in [1.807, 2.05) is 31.2 Å². The highest BCUT2D eigenvalue weighted by atomic mass is 32.2. The van der Waals surface area contributed by atoms with Crippen molar-refractivity contribution in [2.75, 3.05) is 23.3 Å². The number of allylic oxidation sites excluding steroid dienone is 1. The summed E-state index contributed by atoms with van der Waals surface area (Å²) in [4.78, 5) is 28.3. The lowest BCUT2D eigenvalue weighted by atomic mass is 9.99. The smallest absolute Gasteiger partial charge is 0.224 e. The van der Waals surface area contributed by atoms with Gasteiger partial charge in [0.2, 0.25) is 5.91 Å². The summed E-state index contributed by atoms with van der Waals surface area (Å²) in [6.45, 7) is 5.03. The molecule has 33 heavy (non-hydrogen) atoms. The molecule has 2 heterocycles. The number of rotatable bonds is 7. The molecular weight excluding hydrogens is 436 g/mol. The van der Waals surface area contributed by atoms with Gasteiger partial charge >= 0.3 is 0 Å². The molecule has 172 valence electrons. The quantitative estimate of drug-likeness (QED) is 0.320. The molecule has 1 aromatic carbocycles. The molecule has 0 bridgehead atoms. The van der Waals surface area contributed by atoms with E-state index in [0.29, 0.717) is 23.1 Å². The Labute approximate surface area is 198 Å². The van der Waals surface area contributed by atoms with E-state index in [-0.39, 0.29) is 17.7 Å². The van der Waals surface area contributed by atoms with Crippen LogP contribution in [0.1, 0.15) is 33.1 Å². The van der Waals surface area contributed by atoms with Crippen molar-refractivity contribution < 1.29 is 4.79 Å². The van der Waals surface area contributed by atoms with Gasteiger partial charge in [-0.15, -0.1) is 0 Å². The number of hydrogen-bond donors (Lipinski definition) is 3. The maximum atomic E-state index is 11.6. The van der Waals surface area contributed by atoms with Crippen molar-refractivity contribution in [2.24, 2.45) is 22.4 Å². The molecule has 0 atom stereocenters. The zero-order chi connectivity index (χ0) is 23.8. The van der Waals surface area contributed by atoms with Crippen molar-refractivity contribution in [2.45, 2.75) is 43.2 Å². The number of carbonyl (C=O) groups is 1. The lowest BCUT2D eigenvalue weighted by molar-refractivity contribution is -0.115. The van der Waals surface area contributed by atoms with Gasteiger partial charge < -0.3 is 21.7 Å². The second kappa shape index (κ2) is 11.3.